The van der Waals surface area contributed by atoms with Crippen LogP contribution in [0.2, 0.25) is 0 Å². The fourth-order valence-corrected chi connectivity index (χ4v) is 1.81. The first-order valence-corrected chi connectivity index (χ1v) is 5.15. The smallest absolute Gasteiger partial charge is 0.356 e. The van der Waals surface area contributed by atoms with Crippen molar-refractivity contribution in [1.29, 1.82) is 0 Å². The first-order valence-electron chi connectivity index (χ1n) is 5.15. The maximum absolute atomic E-state index is 11.1. The number of nitrogens with zero attached hydrogens (tertiary/aromatic N) is 2. The molecule has 0 amide bonds. The van der Waals surface area contributed by atoms with Gasteiger partial charge in [0.2, 0.25) is 0 Å². The zero-order chi connectivity index (χ0) is 12.7. The average molecular weight is 244 g/mol. The zero-order valence-corrected chi connectivity index (χ0v) is 9.07. The fourth-order valence-electron chi connectivity index (χ4n) is 1.81. The molecule has 0 radical (unpaired) electrons. The molecule has 0 aliphatic rings. The molecule has 0 atom stereocenters. The Morgan fingerprint density at radius 1 is 1.33 bits per heavy atom. The molecule has 3 aromatic rings. The van der Waals surface area contributed by atoms with Crippen LogP contribution in [0.3, 0.4) is 0 Å². The molecule has 3 aromatic heterocycles. The van der Waals surface area contributed by atoms with E-state index in [9.17, 15) is 9.90 Å². The normalized spacial score (nSPS) is 10.9. The molecule has 0 aromatic carbocycles. The summed E-state index contributed by atoms with van der Waals surface area (Å²) >= 11 is 0. The van der Waals surface area contributed by atoms with Gasteiger partial charge in [-0.05, 0) is 24.3 Å². The van der Waals surface area contributed by atoms with Crippen molar-refractivity contribution in [1.82, 2.24) is 9.38 Å². The first-order chi connectivity index (χ1) is 8.66. The molecule has 0 unspecified atom stereocenters. The van der Waals surface area contributed by atoms with Crippen LogP contribution < -0.4 is 0 Å². The molecule has 0 saturated heterocycles. The Morgan fingerprint density at radius 2 is 2.17 bits per heavy atom. The number of fused-ring (bicyclic) bond motifs is 1. The molecular formula is C12H8N2O4. The average Bonchev–Trinajstić information content (AvgIpc) is 2.93. The lowest BCUT2D eigenvalue weighted by Crippen LogP contribution is -1.97. The number of imidazole rings is 1. The Bertz CT molecular complexity index is 728. The second-order valence-corrected chi connectivity index (χ2v) is 3.71. The minimum absolute atomic E-state index is 0.0182. The molecule has 0 saturated carbocycles. The van der Waals surface area contributed by atoms with Crippen molar-refractivity contribution in [2.45, 2.75) is 0 Å². The van der Waals surface area contributed by atoms with E-state index in [0.717, 1.165) is 0 Å². The highest BCUT2D eigenvalue weighted by Gasteiger charge is 2.19. The van der Waals surface area contributed by atoms with E-state index in [1.807, 2.05) is 0 Å². The minimum Gasteiger partial charge on any atom is -0.506 e. The predicted molar refractivity (Wildman–Crippen MR) is 61.5 cm³/mol. The number of carbonyl (C=O) groups is 1. The Balaban J connectivity index is 2.38. The molecule has 0 aliphatic heterocycles. The first kappa shape index (κ1) is 10.4. The molecule has 0 spiro atoms. The van der Waals surface area contributed by atoms with E-state index in [2.05, 4.69) is 4.98 Å². The molecule has 3 heterocycles. The number of carboxylic acid groups (broad SMARTS) is 1. The summed E-state index contributed by atoms with van der Waals surface area (Å²) < 4.78 is 6.69. The number of hydrogen-bond acceptors (Lipinski definition) is 4. The van der Waals surface area contributed by atoms with Crippen molar-refractivity contribution >= 4 is 11.5 Å². The lowest BCUT2D eigenvalue weighted by Gasteiger charge is -1.98. The Hall–Kier alpha value is -2.76. The van der Waals surface area contributed by atoms with Crippen LogP contribution in [-0.4, -0.2) is 25.6 Å². The van der Waals surface area contributed by atoms with E-state index in [1.54, 1.807) is 12.1 Å². The second kappa shape index (κ2) is 3.63. The van der Waals surface area contributed by atoms with Gasteiger partial charge in [0.1, 0.15) is 5.75 Å². The second-order valence-electron chi connectivity index (χ2n) is 3.71. The van der Waals surface area contributed by atoms with Crippen LogP contribution in [0.5, 0.6) is 5.75 Å². The third-order valence-corrected chi connectivity index (χ3v) is 2.57. The van der Waals surface area contributed by atoms with Crippen LogP contribution in [-0.2, 0) is 0 Å². The topological polar surface area (TPSA) is 88.0 Å². The van der Waals surface area contributed by atoms with E-state index >= 15 is 0 Å². The molecule has 18 heavy (non-hydrogen) atoms. The summed E-state index contributed by atoms with van der Waals surface area (Å²) in [6.07, 6.45) is 2.87. The molecule has 2 N–H and O–H groups in total. The van der Waals surface area contributed by atoms with Gasteiger partial charge in [-0.25, -0.2) is 9.78 Å². The van der Waals surface area contributed by atoms with Crippen molar-refractivity contribution < 1.29 is 19.4 Å². The molecule has 0 aliphatic carbocycles. The number of aromatic carboxylic acids is 1. The van der Waals surface area contributed by atoms with Crippen LogP contribution in [0.4, 0.5) is 0 Å². The summed E-state index contributed by atoms with van der Waals surface area (Å²) in [6, 6.07) is 6.26. The van der Waals surface area contributed by atoms with Crippen LogP contribution in [0.1, 0.15) is 10.5 Å². The third-order valence-electron chi connectivity index (χ3n) is 2.57. The predicted octanol–water partition coefficient (Wildman–Crippen LogP) is 2.00. The van der Waals surface area contributed by atoms with Crippen molar-refractivity contribution in [2.75, 3.05) is 0 Å². The fraction of sp³-hybridized carbons (Fsp3) is 0. The van der Waals surface area contributed by atoms with E-state index in [-0.39, 0.29) is 11.4 Å². The van der Waals surface area contributed by atoms with Gasteiger partial charge in [0.05, 0.1) is 18.0 Å². The van der Waals surface area contributed by atoms with Gasteiger partial charge in [-0.15, -0.1) is 0 Å². The highest BCUT2D eigenvalue weighted by atomic mass is 16.4. The molecule has 6 heteroatoms. The maximum Gasteiger partial charge on any atom is 0.356 e. The lowest BCUT2D eigenvalue weighted by molar-refractivity contribution is 0.0693. The number of pyridine rings is 1. The van der Waals surface area contributed by atoms with Crippen LogP contribution in [0.15, 0.2) is 41.1 Å². The number of carboxylic acids is 1. The highest BCUT2D eigenvalue weighted by molar-refractivity contribution is 5.94. The summed E-state index contributed by atoms with van der Waals surface area (Å²) in [5.41, 5.74) is 0.313. The van der Waals surface area contributed by atoms with Crippen molar-refractivity contribution in [3.05, 3.63) is 42.4 Å². The Morgan fingerprint density at radius 3 is 2.83 bits per heavy atom. The number of rotatable bonds is 2. The third kappa shape index (κ3) is 1.43. The van der Waals surface area contributed by atoms with Gasteiger partial charge in [0.25, 0.3) is 0 Å². The number of aromatic nitrogens is 2. The molecule has 90 valence electrons. The summed E-state index contributed by atoms with van der Waals surface area (Å²) in [7, 11) is 0. The standard InChI is InChI=1S/C12H8N2O4/c15-7-3-4-8-10(12(16)17)13-11(14(8)6-7)9-2-1-5-18-9/h1-6,15H,(H,16,17). The van der Waals surface area contributed by atoms with E-state index < -0.39 is 5.97 Å². The quantitative estimate of drug-likeness (QED) is 0.719. The summed E-state index contributed by atoms with van der Waals surface area (Å²) in [5.74, 6) is -0.341. The number of hydrogen-bond donors (Lipinski definition) is 2. The van der Waals surface area contributed by atoms with Crippen LogP contribution >= 0.6 is 0 Å². The summed E-state index contributed by atoms with van der Waals surface area (Å²) in [4.78, 5) is 15.1. The number of furan rings is 1. The van der Waals surface area contributed by atoms with Crippen molar-refractivity contribution in [3.63, 3.8) is 0 Å². The largest absolute Gasteiger partial charge is 0.506 e. The molecule has 0 fully saturated rings. The molecular weight excluding hydrogens is 236 g/mol. The van der Waals surface area contributed by atoms with Gasteiger partial charge in [-0.2, -0.15) is 0 Å². The van der Waals surface area contributed by atoms with E-state index in [1.165, 1.54) is 29.0 Å². The van der Waals surface area contributed by atoms with Gasteiger partial charge >= 0.3 is 5.97 Å². The van der Waals surface area contributed by atoms with Gasteiger partial charge in [-0.3, -0.25) is 4.40 Å². The Kier molecular flexibility index (Phi) is 2.09. The van der Waals surface area contributed by atoms with Crippen LogP contribution in [0.25, 0.3) is 17.1 Å². The maximum atomic E-state index is 11.1. The minimum atomic E-state index is -1.13. The van der Waals surface area contributed by atoms with Gasteiger partial charge in [0.15, 0.2) is 17.3 Å². The van der Waals surface area contributed by atoms with Crippen LogP contribution in [0, 0.1) is 0 Å². The summed E-state index contributed by atoms with van der Waals surface area (Å²) in [5, 5.41) is 18.6. The molecule has 6 nitrogen and oxygen atoms in total. The molecule has 0 bridgehead atoms. The van der Waals surface area contributed by atoms with Crippen molar-refractivity contribution in [2.24, 2.45) is 0 Å². The zero-order valence-electron chi connectivity index (χ0n) is 9.07. The monoisotopic (exact) mass is 244 g/mol. The number of aromatic hydroxyl groups is 1. The van der Waals surface area contributed by atoms with E-state index in [4.69, 9.17) is 9.52 Å². The Labute approximate surface area is 101 Å². The van der Waals surface area contributed by atoms with Gasteiger partial charge < -0.3 is 14.6 Å². The van der Waals surface area contributed by atoms with Crippen molar-refractivity contribution in [3.8, 4) is 17.3 Å². The van der Waals surface area contributed by atoms with E-state index in [0.29, 0.717) is 17.1 Å². The van der Waals surface area contributed by atoms with Gasteiger partial charge in [-0.1, -0.05) is 0 Å². The molecule has 3 rings (SSSR count). The summed E-state index contributed by atoms with van der Waals surface area (Å²) in [6.45, 7) is 0. The SMILES string of the molecule is O=C(O)c1nc(-c2ccco2)n2cc(O)ccc12. The lowest BCUT2D eigenvalue weighted by atomic mass is 10.3. The van der Waals surface area contributed by atoms with Gasteiger partial charge in [0, 0.05) is 0 Å². The highest BCUT2D eigenvalue weighted by Crippen LogP contribution is 2.25.